The van der Waals surface area contributed by atoms with Gasteiger partial charge in [0.15, 0.2) is 5.76 Å². The molecule has 0 bridgehead atoms. The summed E-state index contributed by atoms with van der Waals surface area (Å²) in [7, 11) is 0. The van der Waals surface area contributed by atoms with Crippen LogP contribution in [-0.2, 0) is 14.3 Å². The van der Waals surface area contributed by atoms with Gasteiger partial charge in [-0.1, -0.05) is 38.5 Å². The van der Waals surface area contributed by atoms with Crippen molar-refractivity contribution >= 4 is 11.6 Å². The Labute approximate surface area is 214 Å². The van der Waals surface area contributed by atoms with Gasteiger partial charge in [0.2, 0.25) is 5.78 Å². The monoisotopic (exact) mass is 498 g/mol. The minimum absolute atomic E-state index is 0.0174. The average Bonchev–Trinajstić information content (AvgIpc) is 2.99. The maximum atomic E-state index is 14.2. The molecule has 0 aromatic carbocycles. The number of aliphatic hydroxyl groups is 3. The molecule has 36 heavy (non-hydrogen) atoms. The summed E-state index contributed by atoms with van der Waals surface area (Å²) in [6.07, 6.45) is 7.37. The van der Waals surface area contributed by atoms with E-state index in [0.717, 1.165) is 17.6 Å². The molecule has 5 rings (SSSR count). The molecule has 5 aliphatic rings. The number of hydrogen-bond acceptors (Lipinski definition) is 6. The second-order valence-corrected chi connectivity index (χ2v) is 13.8. The Hall–Kier alpha value is -1.76. The molecule has 1 saturated heterocycles. The third kappa shape index (κ3) is 3.07. The van der Waals surface area contributed by atoms with Gasteiger partial charge >= 0.3 is 0 Å². The van der Waals surface area contributed by atoms with Crippen LogP contribution in [0.3, 0.4) is 0 Å². The van der Waals surface area contributed by atoms with Crippen molar-refractivity contribution in [2.45, 2.75) is 92.0 Å². The molecule has 3 N–H and O–H groups in total. The van der Waals surface area contributed by atoms with Crippen molar-refractivity contribution in [3.63, 3.8) is 0 Å². The molecule has 0 aromatic heterocycles. The van der Waals surface area contributed by atoms with E-state index >= 15 is 0 Å². The van der Waals surface area contributed by atoms with Gasteiger partial charge < -0.3 is 20.1 Å². The van der Waals surface area contributed by atoms with Gasteiger partial charge in [0.25, 0.3) is 0 Å². The number of allylic oxidation sites excluding steroid dienone is 4. The maximum Gasteiger partial charge on any atom is 0.206 e. The van der Waals surface area contributed by atoms with Gasteiger partial charge in [-0.2, -0.15) is 0 Å². The van der Waals surface area contributed by atoms with Crippen LogP contribution < -0.4 is 0 Å². The normalized spacial score (nSPS) is 49.9. The van der Waals surface area contributed by atoms with Crippen LogP contribution in [0.15, 0.2) is 35.1 Å². The summed E-state index contributed by atoms with van der Waals surface area (Å²) in [6, 6.07) is 0. The van der Waals surface area contributed by atoms with Crippen molar-refractivity contribution in [2.75, 3.05) is 6.61 Å². The molecule has 9 atom stereocenters. The zero-order valence-corrected chi connectivity index (χ0v) is 22.7. The van der Waals surface area contributed by atoms with Gasteiger partial charge in [0.05, 0.1) is 29.8 Å². The Morgan fingerprint density at radius 3 is 2.42 bits per heavy atom. The highest BCUT2D eigenvalue weighted by molar-refractivity contribution is 6.02. The molecule has 0 spiro atoms. The molecular weight excluding hydrogens is 456 g/mol. The number of ketones is 2. The number of rotatable bonds is 2. The fourth-order valence-corrected chi connectivity index (χ4v) is 9.44. The molecule has 1 heterocycles. The predicted octanol–water partition coefficient (Wildman–Crippen LogP) is 4.46. The largest absolute Gasteiger partial charge is 0.505 e. The van der Waals surface area contributed by atoms with Gasteiger partial charge in [-0.25, -0.2) is 0 Å². The van der Waals surface area contributed by atoms with E-state index in [1.54, 1.807) is 6.08 Å². The van der Waals surface area contributed by atoms with E-state index in [1.807, 2.05) is 40.7 Å². The summed E-state index contributed by atoms with van der Waals surface area (Å²) >= 11 is 0. The molecule has 6 nitrogen and oxygen atoms in total. The SMILES string of the molecule is C/C(=C\[C@@H]1C[C@](C)(O)[C@H]2[C@@H](C[C@@]3(C)[C@@H]4CC=C5[C@@H](C=C(O)C(=O)C5(C)C)[C@]4(C)C(=O)C[C@]23C)O1)CO. The highest BCUT2D eigenvalue weighted by Crippen LogP contribution is 2.75. The lowest BCUT2D eigenvalue weighted by Crippen LogP contribution is -2.64. The molecule has 0 aromatic rings. The van der Waals surface area contributed by atoms with Crippen molar-refractivity contribution < 1.29 is 29.6 Å². The Bertz CT molecular complexity index is 1110. The van der Waals surface area contributed by atoms with Crippen molar-refractivity contribution in [2.24, 2.45) is 39.4 Å². The summed E-state index contributed by atoms with van der Waals surface area (Å²) in [5, 5.41) is 31.9. The number of Topliss-reactive ketones (excluding diaryl/α,β-unsaturated/α-hetero) is 2. The number of carbonyl (C=O) groups excluding carboxylic acids is 2. The van der Waals surface area contributed by atoms with Crippen LogP contribution in [0.2, 0.25) is 0 Å². The van der Waals surface area contributed by atoms with Crippen LogP contribution in [-0.4, -0.2) is 51.3 Å². The zero-order valence-electron chi connectivity index (χ0n) is 22.7. The number of ether oxygens (including phenoxy) is 1. The van der Waals surface area contributed by atoms with E-state index in [4.69, 9.17) is 4.74 Å². The van der Waals surface area contributed by atoms with E-state index in [0.29, 0.717) is 19.3 Å². The van der Waals surface area contributed by atoms with Crippen LogP contribution in [0, 0.1) is 39.4 Å². The Morgan fingerprint density at radius 1 is 1.11 bits per heavy atom. The molecular formula is C30H42O6. The van der Waals surface area contributed by atoms with Gasteiger partial charge in [-0.05, 0) is 68.9 Å². The molecule has 0 unspecified atom stereocenters. The highest BCUT2D eigenvalue weighted by Gasteiger charge is 2.75. The molecule has 4 aliphatic carbocycles. The minimum Gasteiger partial charge on any atom is -0.505 e. The van der Waals surface area contributed by atoms with Gasteiger partial charge in [0, 0.05) is 30.1 Å². The molecule has 0 radical (unpaired) electrons. The van der Waals surface area contributed by atoms with E-state index in [2.05, 4.69) is 19.9 Å². The third-order valence-corrected chi connectivity index (χ3v) is 11.4. The Morgan fingerprint density at radius 2 is 1.78 bits per heavy atom. The third-order valence-electron chi connectivity index (χ3n) is 11.4. The fourth-order valence-electron chi connectivity index (χ4n) is 9.44. The quantitative estimate of drug-likeness (QED) is 0.486. The summed E-state index contributed by atoms with van der Waals surface area (Å²) in [5.74, 6) is -0.926. The summed E-state index contributed by atoms with van der Waals surface area (Å²) in [6.45, 7) is 13.9. The van der Waals surface area contributed by atoms with Crippen LogP contribution in [0.1, 0.15) is 74.1 Å². The summed E-state index contributed by atoms with van der Waals surface area (Å²) in [4.78, 5) is 27.1. The number of fused-ring (bicyclic) bond motifs is 7. The van der Waals surface area contributed by atoms with Crippen LogP contribution in [0.25, 0.3) is 0 Å². The molecule has 198 valence electrons. The first-order valence-corrected chi connectivity index (χ1v) is 13.4. The molecule has 6 heteroatoms. The number of aliphatic hydroxyl groups excluding tert-OH is 2. The lowest BCUT2D eigenvalue weighted by atomic mass is 9.39. The first kappa shape index (κ1) is 25.9. The van der Waals surface area contributed by atoms with Gasteiger partial charge in [-0.15, -0.1) is 0 Å². The standard InChI is InChI=1S/C30H42O6/c1-16(15-31)10-17-12-29(6,35)24-21(36-17)13-27(4)22-9-8-18-19(11-20(32)25(34)26(18,2)3)30(22,7)23(33)14-28(24,27)5/h8,10-11,17,19,21-22,24,31-32,35H,9,12-15H2,1-7H3/b16-10+/t17-,19-,21-,22+,24+,27+,28-,29+,30+/m1/s1. The lowest BCUT2D eigenvalue weighted by Gasteiger charge is -2.64. The van der Waals surface area contributed by atoms with Crippen molar-refractivity contribution in [1.29, 1.82) is 0 Å². The number of hydrogen-bond donors (Lipinski definition) is 3. The van der Waals surface area contributed by atoms with Crippen molar-refractivity contribution in [3.8, 4) is 0 Å². The second kappa shape index (κ2) is 7.64. The van der Waals surface area contributed by atoms with Gasteiger partial charge in [-0.3, -0.25) is 9.59 Å². The molecule has 0 amide bonds. The van der Waals surface area contributed by atoms with Crippen LogP contribution in [0.5, 0.6) is 0 Å². The maximum absolute atomic E-state index is 14.2. The zero-order chi connectivity index (χ0) is 26.6. The number of carbonyl (C=O) groups is 2. The Kier molecular flexibility index (Phi) is 5.49. The molecule has 3 fully saturated rings. The van der Waals surface area contributed by atoms with Crippen molar-refractivity contribution in [1.82, 2.24) is 0 Å². The minimum atomic E-state index is -1.02. The van der Waals surface area contributed by atoms with E-state index in [-0.39, 0.29) is 59.3 Å². The summed E-state index contributed by atoms with van der Waals surface area (Å²) in [5.41, 5.74) is -1.62. The summed E-state index contributed by atoms with van der Waals surface area (Å²) < 4.78 is 6.59. The topological polar surface area (TPSA) is 104 Å². The first-order valence-electron chi connectivity index (χ1n) is 13.4. The van der Waals surface area contributed by atoms with E-state index < -0.39 is 21.8 Å². The van der Waals surface area contributed by atoms with Crippen LogP contribution >= 0.6 is 0 Å². The Balaban J connectivity index is 1.61. The molecule has 1 aliphatic heterocycles. The first-order chi connectivity index (χ1) is 16.5. The highest BCUT2D eigenvalue weighted by atomic mass is 16.5. The van der Waals surface area contributed by atoms with Crippen LogP contribution in [0.4, 0.5) is 0 Å². The lowest BCUT2D eigenvalue weighted by molar-refractivity contribution is -0.198. The van der Waals surface area contributed by atoms with E-state index in [1.165, 1.54) is 0 Å². The second-order valence-electron chi connectivity index (χ2n) is 13.8. The predicted molar refractivity (Wildman–Crippen MR) is 136 cm³/mol. The van der Waals surface area contributed by atoms with E-state index in [9.17, 15) is 24.9 Å². The van der Waals surface area contributed by atoms with Crippen molar-refractivity contribution in [3.05, 3.63) is 35.1 Å². The fraction of sp³-hybridized carbons (Fsp3) is 0.733. The van der Waals surface area contributed by atoms with Gasteiger partial charge in [0.1, 0.15) is 5.78 Å². The molecule has 2 saturated carbocycles. The smallest absolute Gasteiger partial charge is 0.206 e. The average molecular weight is 499 g/mol.